The fraction of sp³-hybridized carbons (Fsp3) is 0. The number of benzene rings is 2. The van der Waals surface area contributed by atoms with Gasteiger partial charge in [0, 0.05) is 12.1 Å². The number of rotatable bonds is 1. The minimum atomic E-state index is -0.768. The number of imidazole rings is 1. The van der Waals surface area contributed by atoms with Crippen molar-refractivity contribution in [3.63, 3.8) is 0 Å². The molecule has 0 bridgehead atoms. The quantitative estimate of drug-likeness (QED) is 0.733. The van der Waals surface area contributed by atoms with Crippen LogP contribution in [0.5, 0.6) is 0 Å². The highest BCUT2D eigenvalue weighted by Crippen LogP contribution is 2.25. The molecule has 6 heteroatoms. The summed E-state index contributed by atoms with van der Waals surface area (Å²) in [6.45, 7) is 0. The lowest BCUT2D eigenvalue weighted by molar-refractivity contribution is 0.579. The minimum Gasteiger partial charge on any atom is -0.369 e. The zero-order valence-corrected chi connectivity index (χ0v) is 9.57. The smallest absolute Gasteiger partial charge is 0.206 e. The first-order valence-electron chi connectivity index (χ1n) is 5.45. The summed E-state index contributed by atoms with van der Waals surface area (Å²) in [6, 6.07) is 6.99. The normalized spacial score (nSPS) is 11.1. The van der Waals surface area contributed by atoms with Crippen molar-refractivity contribution < 1.29 is 13.2 Å². The standard InChI is InChI=1S/C13H8F3N3/c14-7-1-3-11(9(16)5-7)19-12-4-2-8(15)6-10(12)18-13(19)17/h1-6H,(H2,17,18). The Bertz CT molecular complexity index is 780. The van der Waals surface area contributed by atoms with Gasteiger partial charge < -0.3 is 5.73 Å². The van der Waals surface area contributed by atoms with Crippen LogP contribution in [0.1, 0.15) is 0 Å². The molecule has 3 rings (SSSR count). The molecule has 1 aromatic heterocycles. The van der Waals surface area contributed by atoms with E-state index in [2.05, 4.69) is 4.98 Å². The molecule has 3 nitrogen and oxygen atoms in total. The van der Waals surface area contributed by atoms with Crippen LogP contribution in [0.3, 0.4) is 0 Å². The lowest BCUT2D eigenvalue weighted by Crippen LogP contribution is -2.03. The highest BCUT2D eigenvalue weighted by Gasteiger charge is 2.14. The molecular formula is C13H8F3N3. The molecule has 0 spiro atoms. The van der Waals surface area contributed by atoms with E-state index in [1.807, 2.05) is 0 Å². The van der Waals surface area contributed by atoms with E-state index < -0.39 is 17.5 Å². The zero-order valence-electron chi connectivity index (χ0n) is 9.57. The molecule has 2 N–H and O–H groups in total. The molecule has 0 saturated carbocycles. The van der Waals surface area contributed by atoms with E-state index in [1.165, 1.54) is 28.8 Å². The minimum absolute atomic E-state index is 0.00566. The third-order valence-corrected chi connectivity index (χ3v) is 2.79. The fourth-order valence-electron chi connectivity index (χ4n) is 1.99. The van der Waals surface area contributed by atoms with Gasteiger partial charge >= 0.3 is 0 Å². The summed E-state index contributed by atoms with van der Waals surface area (Å²) in [6.07, 6.45) is 0. The molecule has 0 atom stereocenters. The molecule has 96 valence electrons. The number of halogens is 3. The summed E-state index contributed by atoms with van der Waals surface area (Å²) in [5.41, 5.74) is 6.53. The van der Waals surface area contributed by atoms with Gasteiger partial charge in [-0.25, -0.2) is 18.2 Å². The summed E-state index contributed by atoms with van der Waals surface area (Å²) >= 11 is 0. The molecule has 0 radical (unpaired) electrons. The lowest BCUT2D eigenvalue weighted by Gasteiger charge is -2.07. The van der Waals surface area contributed by atoms with Crippen molar-refractivity contribution in [1.29, 1.82) is 0 Å². The molecule has 19 heavy (non-hydrogen) atoms. The molecule has 0 saturated heterocycles. The molecule has 3 aromatic rings. The molecular weight excluding hydrogens is 255 g/mol. The highest BCUT2D eigenvalue weighted by molar-refractivity contribution is 5.80. The van der Waals surface area contributed by atoms with E-state index in [4.69, 9.17) is 5.73 Å². The maximum atomic E-state index is 13.8. The van der Waals surface area contributed by atoms with Crippen LogP contribution >= 0.6 is 0 Å². The molecule has 0 aliphatic rings. The SMILES string of the molecule is Nc1nc2cc(F)ccc2n1-c1ccc(F)cc1F. The van der Waals surface area contributed by atoms with Crippen LogP contribution < -0.4 is 5.73 Å². The third-order valence-electron chi connectivity index (χ3n) is 2.79. The number of fused-ring (bicyclic) bond motifs is 1. The third kappa shape index (κ3) is 1.81. The lowest BCUT2D eigenvalue weighted by atomic mass is 10.2. The summed E-state index contributed by atoms with van der Waals surface area (Å²) in [5.74, 6) is -1.91. The van der Waals surface area contributed by atoms with Crippen molar-refractivity contribution in [1.82, 2.24) is 9.55 Å². The Labute approximate surface area is 106 Å². The first kappa shape index (κ1) is 11.6. The van der Waals surface area contributed by atoms with Crippen LogP contribution in [0.4, 0.5) is 19.1 Å². The number of hydrogen-bond donors (Lipinski definition) is 1. The number of nitrogen functional groups attached to an aromatic ring is 1. The monoisotopic (exact) mass is 263 g/mol. The Morgan fingerprint density at radius 1 is 0.947 bits per heavy atom. The Balaban J connectivity index is 2.33. The van der Waals surface area contributed by atoms with Crippen molar-refractivity contribution >= 4 is 17.0 Å². The number of nitrogens with two attached hydrogens (primary N) is 1. The fourth-order valence-corrected chi connectivity index (χ4v) is 1.99. The first-order chi connectivity index (χ1) is 9.06. The Morgan fingerprint density at radius 3 is 2.37 bits per heavy atom. The first-order valence-corrected chi connectivity index (χ1v) is 5.45. The Kier molecular flexibility index (Phi) is 2.45. The van der Waals surface area contributed by atoms with Gasteiger partial charge in [0.2, 0.25) is 5.95 Å². The second-order valence-corrected chi connectivity index (χ2v) is 4.03. The topological polar surface area (TPSA) is 43.8 Å². The van der Waals surface area contributed by atoms with Gasteiger partial charge in [0.05, 0.1) is 16.7 Å². The predicted molar refractivity (Wildman–Crippen MR) is 65.4 cm³/mol. The number of nitrogens with zero attached hydrogens (tertiary/aromatic N) is 2. The number of anilines is 1. The molecule has 0 fully saturated rings. The molecule has 0 unspecified atom stereocenters. The molecule has 1 heterocycles. The largest absolute Gasteiger partial charge is 0.369 e. The van der Waals surface area contributed by atoms with Crippen LogP contribution in [0.15, 0.2) is 36.4 Å². The van der Waals surface area contributed by atoms with E-state index in [-0.39, 0.29) is 11.6 Å². The summed E-state index contributed by atoms with van der Waals surface area (Å²) in [5, 5.41) is 0. The van der Waals surface area contributed by atoms with Crippen LogP contribution in [0, 0.1) is 17.5 Å². The van der Waals surface area contributed by atoms with Crippen molar-refractivity contribution in [2.75, 3.05) is 5.73 Å². The maximum absolute atomic E-state index is 13.8. The van der Waals surface area contributed by atoms with Gasteiger partial charge in [-0.2, -0.15) is 0 Å². The van der Waals surface area contributed by atoms with Crippen molar-refractivity contribution in [2.45, 2.75) is 0 Å². The molecule has 0 amide bonds. The average Bonchev–Trinajstić information content (AvgIpc) is 2.65. The van der Waals surface area contributed by atoms with E-state index in [1.54, 1.807) is 0 Å². The van der Waals surface area contributed by atoms with Crippen LogP contribution in [0.2, 0.25) is 0 Å². The number of aromatic nitrogens is 2. The van der Waals surface area contributed by atoms with Gasteiger partial charge in [-0.3, -0.25) is 4.57 Å². The van der Waals surface area contributed by atoms with Crippen molar-refractivity contribution in [3.05, 3.63) is 53.8 Å². The van der Waals surface area contributed by atoms with E-state index in [0.717, 1.165) is 12.1 Å². The molecule has 0 aliphatic heterocycles. The second kappa shape index (κ2) is 4.01. The summed E-state index contributed by atoms with van der Waals surface area (Å²) in [4.78, 5) is 3.95. The highest BCUT2D eigenvalue weighted by atomic mass is 19.1. The van der Waals surface area contributed by atoms with Gasteiger partial charge in [0.25, 0.3) is 0 Å². The Hall–Kier alpha value is -2.50. The van der Waals surface area contributed by atoms with Crippen molar-refractivity contribution in [2.24, 2.45) is 0 Å². The van der Waals surface area contributed by atoms with Gasteiger partial charge in [-0.05, 0) is 24.3 Å². The van der Waals surface area contributed by atoms with Crippen LogP contribution in [-0.4, -0.2) is 9.55 Å². The van der Waals surface area contributed by atoms with Crippen LogP contribution in [0.25, 0.3) is 16.7 Å². The van der Waals surface area contributed by atoms with Crippen molar-refractivity contribution in [3.8, 4) is 5.69 Å². The number of hydrogen-bond acceptors (Lipinski definition) is 2. The van der Waals surface area contributed by atoms with Gasteiger partial charge in [0.1, 0.15) is 17.5 Å². The Morgan fingerprint density at radius 2 is 1.63 bits per heavy atom. The molecule has 0 aliphatic carbocycles. The maximum Gasteiger partial charge on any atom is 0.206 e. The zero-order chi connectivity index (χ0) is 13.6. The van der Waals surface area contributed by atoms with E-state index in [9.17, 15) is 13.2 Å². The summed E-state index contributed by atoms with van der Waals surface area (Å²) in [7, 11) is 0. The van der Waals surface area contributed by atoms with Crippen LogP contribution in [-0.2, 0) is 0 Å². The van der Waals surface area contributed by atoms with E-state index >= 15 is 0 Å². The predicted octanol–water partition coefficient (Wildman–Crippen LogP) is 3.03. The summed E-state index contributed by atoms with van der Waals surface area (Å²) < 4.78 is 41.1. The van der Waals surface area contributed by atoms with E-state index in [0.29, 0.717) is 11.0 Å². The van der Waals surface area contributed by atoms with Gasteiger partial charge in [0.15, 0.2) is 0 Å². The molecule has 2 aromatic carbocycles. The van der Waals surface area contributed by atoms with Gasteiger partial charge in [-0.15, -0.1) is 0 Å². The van der Waals surface area contributed by atoms with Gasteiger partial charge in [-0.1, -0.05) is 0 Å². The second-order valence-electron chi connectivity index (χ2n) is 4.03. The average molecular weight is 263 g/mol.